The molecule has 7 nitrogen and oxygen atoms in total. The van der Waals surface area contributed by atoms with Gasteiger partial charge in [0.2, 0.25) is 0 Å². The second kappa shape index (κ2) is 14.7. The maximum absolute atomic E-state index is 14.2. The zero-order valence-corrected chi connectivity index (χ0v) is 25.9. The summed E-state index contributed by atoms with van der Waals surface area (Å²) >= 11 is 0. The number of pyridine rings is 1. The number of halogens is 6. The Morgan fingerprint density at radius 3 is 2.16 bits per heavy atom. The lowest BCUT2D eigenvalue weighted by Crippen LogP contribution is -2.41. The molecular weight excluding hydrogens is 606 g/mol. The Labute approximate surface area is 258 Å². The van der Waals surface area contributed by atoms with E-state index in [0.29, 0.717) is 6.54 Å². The van der Waals surface area contributed by atoms with Crippen LogP contribution in [0.1, 0.15) is 58.8 Å². The van der Waals surface area contributed by atoms with Gasteiger partial charge in [0.25, 0.3) is 0 Å². The smallest absolute Gasteiger partial charge is 0.493 e. The zero-order valence-electron chi connectivity index (χ0n) is 25.9. The summed E-state index contributed by atoms with van der Waals surface area (Å²) in [4.78, 5) is 16.0. The Morgan fingerprint density at radius 2 is 1.58 bits per heavy atom. The van der Waals surface area contributed by atoms with Gasteiger partial charge >= 0.3 is 24.5 Å². The Morgan fingerprint density at radius 1 is 0.933 bits per heavy atom. The van der Waals surface area contributed by atoms with Gasteiger partial charge in [-0.3, -0.25) is 4.98 Å². The number of nitrogens with zero attached hydrogens (tertiary/aromatic N) is 2. The van der Waals surface area contributed by atoms with Gasteiger partial charge in [-0.15, -0.1) is 8.78 Å². The number of carbonyl (C=O) groups is 1. The Hall–Kier alpha value is -3.58. The Balaban J connectivity index is 1.70. The summed E-state index contributed by atoms with van der Waals surface area (Å²) in [6.07, 6.45) is -16.0. The predicted octanol–water partition coefficient (Wildman–Crippen LogP) is 8.53. The van der Waals surface area contributed by atoms with Crippen LogP contribution in [-0.2, 0) is 38.4 Å². The Kier molecular flexibility index (Phi) is 11.7. The number of fused-ring (bicyclic) bond motifs is 1. The summed E-state index contributed by atoms with van der Waals surface area (Å²) in [5.41, 5.74) is 4.52. The third-order valence-corrected chi connectivity index (χ3v) is 6.60. The molecule has 2 aromatic heterocycles. The molecule has 2 heterocycles. The minimum absolute atomic E-state index is 0.107. The van der Waals surface area contributed by atoms with Crippen molar-refractivity contribution in [3.63, 3.8) is 0 Å². The van der Waals surface area contributed by atoms with Crippen LogP contribution in [0.4, 0.5) is 26.3 Å². The second-order valence-corrected chi connectivity index (χ2v) is 11.0. The van der Waals surface area contributed by atoms with E-state index in [0.717, 1.165) is 46.4 Å². The molecule has 0 fully saturated rings. The minimum Gasteiger partial charge on any atom is -0.493 e. The van der Waals surface area contributed by atoms with Gasteiger partial charge in [-0.2, -0.15) is 17.6 Å². The first-order chi connectivity index (χ1) is 21.0. The number of hydrogen-bond acceptors (Lipinski definition) is 6. The van der Waals surface area contributed by atoms with Crippen LogP contribution in [0.15, 0.2) is 48.6 Å². The number of ether oxygens (including phenoxy) is 4. The molecule has 0 saturated heterocycles. The van der Waals surface area contributed by atoms with Gasteiger partial charge in [-0.1, -0.05) is 34.3 Å². The van der Waals surface area contributed by atoms with Crippen molar-refractivity contribution >= 4 is 16.9 Å². The van der Waals surface area contributed by atoms with Crippen molar-refractivity contribution in [1.82, 2.24) is 9.55 Å². The minimum atomic E-state index is -5.36. The number of aryl methyl sites for hydroxylation is 2. The van der Waals surface area contributed by atoms with E-state index in [1.165, 1.54) is 6.92 Å². The average Bonchev–Trinajstić information content (AvgIpc) is 3.27. The van der Waals surface area contributed by atoms with E-state index in [-0.39, 0.29) is 17.2 Å². The highest BCUT2D eigenvalue weighted by molar-refractivity contribution is 5.88. The van der Waals surface area contributed by atoms with Gasteiger partial charge in [-0.25, -0.2) is 14.3 Å². The zero-order chi connectivity index (χ0) is 33.6. The highest BCUT2D eigenvalue weighted by Crippen LogP contribution is 2.37. The molecule has 0 bridgehead atoms. The topological polar surface area (TPSA) is 71.8 Å². The first kappa shape index (κ1) is 35.9. The lowest BCUT2D eigenvalue weighted by molar-refractivity contribution is -0.514. The largest absolute Gasteiger partial charge is 0.494 e. The van der Waals surface area contributed by atoms with E-state index in [1.54, 1.807) is 18.2 Å². The van der Waals surface area contributed by atoms with E-state index in [1.807, 2.05) is 32.0 Å². The molecule has 0 unspecified atom stereocenters. The highest BCUT2D eigenvalue weighted by Gasteiger charge is 2.52. The quantitative estimate of drug-likeness (QED) is 0.0635. The third kappa shape index (κ3) is 10.2. The monoisotopic (exact) mass is 644 g/mol. The molecule has 0 N–H and O–H groups in total. The van der Waals surface area contributed by atoms with Gasteiger partial charge in [0, 0.05) is 40.5 Å². The first-order valence-corrected chi connectivity index (χ1v) is 14.6. The number of esters is 1. The van der Waals surface area contributed by atoms with Gasteiger partial charge in [0.1, 0.15) is 5.75 Å². The molecule has 0 aliphatic carbocycles. The van der Waals surface area contributed by atoms with E-state index in [2.05, 4.69) is 39.2 Å². The third-order valence-electron chi connectivity index (χ3n) is 6.60. The molecular formula is C32H38F6N2O5. The van der Waals surface area contributed by atoms with Crippen molar-refractivity contribution in [3.8, 4) is 17.0 Å². The van der Waals surface area contributed by atoms with Crippen LogP contribution in [0.25, 0.3) is 22.2 Å². The number of alkyl halides is 6. The van der Waals surface area contributed by atoms with E-state index in [9.17, 15) is 31.1 Å². The van der Waals surface area contributed by atoms with E-state index < -0.39 is 50.5 Å². The second-order valence-electron chi connectivity index (χ2n) is 11.0. The maximum atomic E-state index is 14.2. The Bertz CT molecular complexity index is 1490. The van der Waals surface area contributed by atoms with Crippen molar-refractivity contribution in [2.24, 2.45) is 5.92 Å². The summed E-state index contributed by atoms with van der Waals surface area (Å²) in [5.74, 6) is -0.574. The van der Waals surface area contributed by atoms with Gasteiger partial charge in [0.15, 0.2) is 0 Å². The molecule has 0 aliphatic rings. The van der Waals surface area contributed by atoms with Crippen LogP contribution in [0, 0.1) is 5.92 Å². The van der Waals surface area contributed by atoms with Gasteiger partial charge in [0.05, 0.1) is 37.3 Å². The molecule has 13 heteroatoms. The van der Waals surface area contributed by atoms with Crippen LogP contribution < -0.4 is 4.74 Å². The van der Waals surface area contributed by atoms with Crippen LogP contribution in [0.5, 0.6) is 5.75 Å². The molecule has 0 radical (unpaired) electrons. The highest BCUT2D eigenvalue weighted by atomic mass is 19.3. The molecule has 3 rings (SSSR count). The SMILES string of the molecule is C=C(C)C(=O)OCCC(F)(F)OC(F)(F)OC(F)(F)CCOc1ccc2cc(-c3ccc(CC)nc3CC)n(CC(C)C)c2c1. The summed E-state index contributed by atoms with van der Waals surface area (Å²) in [5, 5.41) is 0.875. The fourth-order valence-electron chi connectivity index (χ4n) is 4.50. The molecule has 0 spiro atoms. The predicted molar refractivity (Wildman–Crippen MR) is 156 cm³/mol. The normalized spacial score (nSPS) is 12.6. The van der Waals surface area contributed by atoms with Crippen molar-refractivity contribution in [2.45, 2.75) is 85.4 Å². The maximum Gasteiger partial charge on any atom is 0.494 e. The van der Waals surface area contributed by atoms with Gasteiger partial charge < -0.3 is 14.0 Å². The van der Waals surface area contributed by atoms with Crippen molar-refractivity contribution in [1.29, 1.82) is 0 Å². The van der Waals surface area contributed by atoms with Crippen LogP contribution in [0.3, 0.4) is 0 Å². The summed E-state index contributed by atoms with van der Waals surface area (Å²) in [7, 11) is 0. The van der Waals surface area contributed by atoms with Crippen LogP contribution in [0.2, 0.25) is 0 Å². The first-order valence-electron chi connectivity index (χ1n) is 14.6. The molecule has 45 heavy (non-hydrogen) atoms. The summed E-state index contributed by atoms with van der Waals surface area (Å²) in [6.45, 7) is 11.5. The van der Waals surface area contributed by atoms with Crippen LogP contribution >= 0.6 is 0 Å². The number of benzene rings is 1. The molecule has 0 aliphatic heterocycles. The van der Waals surface area contributed by atoms with Crippen LogP contribution in [-0.4, -0.2) is 47.2 Å². The molecule has 0 amide bonds. The molecule has 0 atom stereocenters. The lowest BCUT2D eigenvalue weighted by atomic mass is 10.1. The number of rotatable bonds is 17. The fourth-order valence-corrected chi connectivity index (χ4v) is 4.50. The van der Waals surface area contributed by atoms with Gasteiger partial charge in [-0.05, 0) is 56.0 Å². The molecule has 1 aromatic carbocycles. The molecule has 0 saturated carbocycles. The average molecular weight is 645 g/mol. The fraction of sp³-hybridized carbons (Fsp3) is 0.500. The molecule has 248 valence electrons. The van der Waals surface area contributed by atoms with E-state index >= 15 is 0 Å². The number of aromatic nitrogens is 2. The summed E-state index contributed by atoms with van der Waals surface area (Å²) < 4.78 is 102. The van der Waals surface area contributed by atoms with Crippen molar-refractivity contribution in [3.05, 3.63) is 59.9 Å². The van der Waals surface area contributed by atoms with Crippen molar-refractivity contribution < 1.29 is 50.1 Å². The number of hydrogen-bond donors (Lipinski definition) is 0. The number of carbonyl (C=O) groups excluding carboxylic acids is 1. The van der Waals surface area contributed by atoms with Crippen molar-refractivity contribution in [2.75, 3.05) is 13.2 Å². The van der Waals surface area contributed by atoms with E-state index in [4.69, 9.17) is 9.72 Å². The molecule has 3 aromatic rings. The lowest BCUT2D eigenvalue weighted by Gasteiger charge is -2.26. The summed E-state index contributed by atoms with van der Waals surface area (Å²) in [6, 6.07) is 11.0. The standard InChI is InChI=1S/C32H38F6N2O5/c1-7-23-10-12-25(26(8-2)39-23)28-17-22-9-11-24(18-27(22)40(28)19-20(3)4)42-15-13-30(33,34)44-32(37,38)45-31(35,36)14-16-43-29(41)21(5)6/h9-12,17-18,20H,5,7-8,13-16,19H2,1-4,6H3.